The van der Waals surface area contributed by atoms with E-state index in [1.807, 2.05) is 0 Å². The Bertz CT molecular complexity index is 1290. The maximum Gasteiger partial charge on any atom is 0.295 e. The number of aliphatic hydroxyl groups is 1. The van der Waals surface area contributed by atoms with Gasteiger partial charge in [-0.2, -0.15) is 0 Å². The molecule has 1 aliphatic rings. The molecular weight excluding hydrogens is 479 g/mol. The molecule has 1 aliphatic heterocycles. The number of halogens is 2. The summed E-state index contributed by atoms with van der Waals surface area (Å²) in [5, 5.41) is 11.8. The van der Waals surface area contributed by atoms with Gasteiger partial charge in [0.1, 0.15) is 5.76 Å². The zero-order valence-electron chi connectivity index (χ0n) is 18.3. The van der Waals surface area contributed by atoms with Crippen LogP contribution in [0.15, 0.2) is 66.5 Å². The molecule has 1 fully saturated rings. The molecule has 0 spiro atoms. The maximum atomic E-state index is 13.2. The number of amides is 1. The van der Waals surface area contributed by atoms with E-state index in [4.69, 9.17) is 32.7 Å². The van der Waals surface area contributed by atoms with E-state index in [0.29, 0.717) is 27.6 Å². The monoisotopic (exact) mass is 498 g/mol. The summed E-state index contributed by atoms with van der Waals surface area (Å²) in [6, 6.07) is 12.2. The van der Waals surface area contributed by atoms with Crippen molar-refractivity contribution in [2.24, 2.45) is 0 Å². The minimum absolute atomic E-state index is 0.0699. The highest BCUT2D eigenvalue weighted by Gasteiger charge is 2.46. The predicted molar refractivity (Wildman–Crippen MR) is 128 cm³/mol. The molecule has 2 aromatic carbocycles. The first-order valence-corrected chi connectivity index (χ1v) is 11.0. The Morgan fingerprint density at radius 1 is 1.03 bits per heavy atom. The number of nitrogens with zero attached hydrogens (tertiary/aromatic N) is 2. The van der Waals surface area contributed by atoms with E-state index in [2.05, 4.69) is 4.98 Å². The molecule has 7 nitrogen and oxygen atoms in total. The lowest BCUT2D eigenvalue weighted by Gasteiger charge is -2.25. The van der Waals surface area contributed by atoms with Gasteiger partial charge in [0, 0.05) is 24.5 Å². The van der Waals surface area contributed by atoms with Gasteiger partial charge in [-0.3, -0.25) is 14.6 Å². The standard InChI is InChI=1S/C25H20Cl2N2O5/c1-33-19-8-6-16(11-20(19)34-2)23(30)21-22(15-5-7-17(26)18(27)10-15)29(25(32)24(21)31)13-14-4-3-9-28-12-14/h3-12,22,30H,13H2,1-2H3/b23-21-. The smallest absolute Gasteiger partial charge is 0.295 e. The Morgan fingerprint density at radius 2 is 1.79 bits per heavy atom. The van der Waals surface area contributed by atoms with E-state index in [-0.39, 0.29) is 22.9 Å². The maximum absolute atomic E-state index is 13.2. The second-order valence-corrected chi connectivity index (χ2v) is 8.35. The molecule has 3 aromatic rings. The summed E-state index contributed by atoms with van der Waals surface area (Å²) in [6.07, 6.45) is 3.23. The molecule has 0 radical (unpaired) electrons. The fourth-order valence-electron chi connectivity index (χ4n) is 3.90. The Labute approximate surface area is 206 Å². The van der Waals surface area contributed by atoms with Gasteiger partial charge in [0.2, 0.25) is 0 Å². The van der Waals surface area contributed by atoms with E-state index in [9.17, 15) is 14.7 Å². The molecule has 34 heavy (non-hydrogen) atoms. The molecule has 1 saturated heterocycles. The van der Waals surface area contributed by atoms with Gasteiger partial charge in [0.05, 0.1) is 35.9 Å². The zero-order chi connectivity index (χ0) is 24.4. The van der Waals surface area contributed by atoms with Crippen LogP contribution in [-0.2, 0) is 16.1 Å². The minimum atomic E-state index is -0.900. The first kappa shape index (κ1) is 23.6. The van der Waals surface area contributed by atoms with Crippen molar-refractivity contribution in [3.05, 3.63) is 93.2 Å². The number of rotatable bonds is 6. The molecule has 0 aliphatic carbocycles. The van der Waals surface area contributed by atoms with E-state index in [0.717, 1.165) is 5.56 Å². The van der Waals surface area contributed by atoms with Crippen molar-refractivity contribution in [3.8, 4) is 11.5 Å². The lowest BCUT2D eigenvalue weighted by molar-refractivity contribution is -0.140. The third-order valence-electron chi connectivity index (χ3n) is 5.53. The Morgan fingerprint density at radius 3 is 2.44 bits per heavy atom. The topological polar surface area (TPSA) is 89.0 Å². The van der Waals surface area contributed by atoms with Crippen LogP contribution >= 0.6 is 23.2 Å². The molecule has 0 saturated carbocycles. The predicted octanol–water partition coefficient (Wildman–Crippen LogP) is 5.03. The van der Waals surface area contributed by atoms with Crippen molar-refractivity contribution in [2.75, 3.05) is 14.2 Å². The van der Waals surface area contributed by atoms with Crippen molar-refractivity contribution in [3.63, 3.8) is 0 Å². The third kappa shape index (κ3) is 4.32. The molecular formula is C25H20Cl2N2O5. The molecule has 1 unspecified atom stereocenters. The van der Waals surface area contributed by atoms with Crippen LogP contribution < -0.4 is 9.47 Å². The number of likely N-dealkylation sites (tertiary alicyclic amines) is 1. The number of hydrogen-bond donors (Lipinski definition) is 1. The highest BCUT2D eigenvalue weighted by molar-refractivity contribution is 6.46. The van der Waals surface area contributed by atoms with Crippen LogP contribution in [0.5, 0.6) is 11.5 Å². The molecule has 0 bridgehead atoms. The molecule has 2 heterocycles. The van der Waals surface area contributed by atoms with Crippen LogP contribution in [0.3, 0.4) is 0 Å². The number of pyridine rings is 1. The molecule has 1 atom stereocenters. The van der Waals surface area contributed by atoms with E-state index >= 15 is 0 Å². The summed E-state index contributed by atoms with van der Waals surface area (Å²) < 4.78 is 10.6. The summed E-state index contributed by atoms with van der Waals surface area (Å²) in [5.41, 5.74) is 1.47. The van der Waals surface area contributed by atoms with Gasteiger partial charge in [-0.1, -0.05) is 35.3 Å². The fourth-order valence-corrected chi connectivity index (χ4v) is 4.21. The number of ketones is 1. The SMILES string of the molecule is COc1ccc(/C(O)=C2/C(=O)C(=O)N(Cc3cccnc3)C2c2ccc(Cl)c(Cl)c2)cc1OC. The molecule has 1 amide bonds. The molecule has 1 aromatic heterocycles. The summed E-state index contributed by atoms with van der Waals surface area (Å²) in [6.45, 7) is 0.103. The number of carbonyl (C=O) groups is 2. The number of carbonyl (C=O) groups excluding carboxylic acids is 2. The van der Waals surface area contributed by atoms with Gasteiger partial charge in [-0.05, 0) is 47.5 Å². The van der Waals surface area contributed by atoms with Crippen molar-refractivity contribution < 1.29 is 24.2 Å². The molecule has 4 rings (SSSR count). The second kappa shape index (κ2) is 9.75. The number of methoxy groups -OCH3 is 2. The molecule has 1 N–H and O–H groups in total. The first-order valence-electron chi connectivity index (χ1n) is 10.2. The van der Waals surface area contributed by atoms with Gasteiger partial charge in [0.15, 0.2) is 11.5 Å². The van der Waals surface area contributed by atoms with Crippen molar-refractivity contribution >= 4 is 40.7 Å². The van der Waals surface area contributed by atoms with Crippen LogP contribution in [0.4, 0.5) is 0 Å². The Hall–Kier alpha value is -3.55. The van der Waals surface area contributed by atoms with E-state index < -0.39 is 17.7 Å². The summed E-state index contributed by atoms with van der Waals surface area (Å²) in [7, 11) is 2.95. The number of Topliss-reactive ketones (excluding diaryl/α,β-unsaturated/α-hetero) is 1. The number of benzene rings is 2. The Balaban J connectivity index is 1.89. The largest absolute Gasteiger partial charge is 0.507 e. The highest BCUT2D eigenvalue weighted by atomic mass is 35.5. The summed E-state index contributed by atoms with van der Waals surface area (Å²) >= 11 is 12.3. The highest BCUT2D eigenvalue weighted by Crippen LogP contribution is 2.42. The average Bonchev–Trinajstić information content (AvgIpc) is 3.10. The van der Waals surface area contributed by atoms with E-state index in [1.165, 1.54) is 25.2 Å². The van der Waals surface area contributed by atoms with Gasteiger partial charge in [0.25, 0.3) is 11.7 Å². The number of hydrogen-bond acceptors (Lipinski definition) is 6. The van der Waals surface area contributed by atoms with Crippen molar-refractivity contribution in [1.82, 2.24) is 9.88 Å². The third-order valence-corrected chi connectivity index (χ3v) is 6.27. The molecule has 174 valence electrons. The van der Waals surface area contributed by atoms with Gasteiger partial charge in [-0.15, -0.1) is 0 Å². The number of aromatic nitrogens is 1. The second-order valence-electron chi connectivity index (χ2n) is 7.53. The van der Waals surface area contributed by atoms with Gasteiger partial charge in [-0.25, -0.2) is 0 Å². The lowest BCUT2D eigenvalue weighted by Crippen LogP contribution is -2.29. The van der Waals surface area contributed by atoms with Gasteiger partial charge < -0.3 is 19.5 Å². The lowest BCUT2D eigenvalue weighted by atomic mass is 9.95. The van der Waals surface area contributed by atoms with Crippen LogP contribution in [0.2, 0.25) is 10.0 Å². The number of aliphatic hydroxyl groups excluding tert-OH is 1. The van der Waals surface area contributed by atoms with Crippen LogP contribution in [0.1, 0.15) is 22.7 Å². The normalized spacial score (nSPS) is 17.2. The van der Waals surface area contributed by atoms with Gasteiger partial charge >= 0.3 is 0 Å². The average molecular weight is 499 g/mol. The van der Waals surface area contributed by atoms with Crippen molar-refractivity contribution in [2.45, 2.75) is 12.6 Å². The van der Waals surface area contributed by atoms with Crippen LogP contribution in [0, 0.1) is 0 Å². The van der Waals surface area contributed by atoms with Crippen LogP contribution in [-0.4, -0.2) is 40.9 Å². The minimum Gasteiger partial charge on any atom is -0.507 e. The fraction of sp³-hybridized carbons (Fsp3) is 0.160. The Kier molecular flexibility index (Phi) is 6.77. The summed E-state index contributed by atoms with van der Waals surface area (Å²) in [4.78, 5) is 31.8. The summed E-state index contributed by atoms with van der Waals surface area (Å²) in [5.74, 6) is -1.09. The zero-order valence-corrected chi connectivity index (χ0v) is 19.8. The first-order chi connectivity index (χ1) is 16.3. The number of ether oxygens (including phenoxy) is 2. The molecule has 9 heteroatoms. The van der Waals surface area contributed by atoms with Crippen LogP contribution in [0.25, 0.3) is 5.76 Å². The quantitative estimate of drug-likeness (QED) is 0.291. The van der Waals surface area contributed by atoms with E-state index in [1.54, 1.807) is 54.9 Å². The van der Waals surface area contributed by atoms with Crippen molar-refractivity contribution in [1.29, 1.82) is 0 Å².